The molecule has 1 aromatic carbocycles. The Kier molecular flexibility index (Phi) is 7.37. The number of benzene rings is 1. The molecule has 0 spiro atoms. The maximum absolute atomic E-state index is 12.7. The molecule has 0 aliphatic carbocycles. The van der Waals surface area contributed by atoms with Gasteiger partial charge in [0.2, 0.25) is 11.8 Å². The second-order valence-electron chi connectivity index (χ2n) is 8.69. The summed E-state index contributed by atoms with van der Waals surface area (Å²) in [4.78, 5) is 38.1. The van der Waals surface area contributed by atoms with Crippen molar-refractivity contribution in [1.29, 1.82) is 0 Å². The lowest BCUT2D eigenvalue weighted by atomic mass is 10.1. The van der Waals surface area contributed by atoms with Crippen molar-refractivity contribution in [2.45, 2.75) is 19.8 Å². The van der Waals surface area contributed by atoms with Crippen LogP contribution in [0, 0.1) is 6.92 Å². The zero-order valence-corrected chi connectivity index (χ0v) is 18.9. The fourth-order valence-corrected chi connectivity index (χ4v) is 4.35. The third-order valence-corrected chi connectivity index (χ3v) is 6.45. The number of carbonyl (C=O) groups excluding carboxylic acids is 2. The molecule has 2 fully saturated rings. The molecule has 0 unspecified atom stereocenters. The molecular formula is C25H33N5O2. The van der Waals surface area contributed by atoms with Crippen LogP contribution in [0.5, 0.6) is 0 Å². The highest BCUT2D eigenvalue weighted by atomic mass is 16.2. The molecule has 1 aromatic heterocycles. The maximum Gasteiger partial charge on any atom is 0.227 e. The van der Waals surface area contributed by atoms with Crippen LogP contribution < -0.4 is 4.90 Å². The summed E-state index contributed by atoms with van der Waals surface area (Å²) in [5.74, 6) is 1.40. The van der Waals surface area contributed by atoms with Crippen molar-refractivity contribution in [2.24, 2.45) is 0 Å². The standard InChI is InChI=1S/C25H33N5O2/c1-21-5-7-22(8-6-21)20-25(32)30-14-12-27(13-15-30)11-9-24(31)29-18-16-28(17-19-29)23-4-2-3-10-26-23/h2-8,10H,9,11-20H2,1H3. The van der Waals surface area contributed by atoms with Crippen molar-refractivity contribution in [3.63, 3.8) is 0 Å². The Bertz CT molecular complexity index is 886. The highest BCUT2D eigenvalue weighted by molar-refractivity contribution is 5.79. The van der Waals surface area contributed by atoms with Gasteiger partial charge in [-0.25, -0.2) is 4.98 Å². The molecule has 4 rings (SSSR count). The summed E-state index contributed by atoms with van der Waals surface area (Å²) in [6, 6.07) is 14.1. The Labute approximate surface area is 190 Å². The molecule has 0 radical (unpaired) electrons. The Balaban J connectivity index is 1.15. The number of carbonyl (C=O) groups is 2. The Morgan fingerprint density at radius 2 is 1.47 bits per heavy atom. The summed E-state index contributed by atoms with van der Waals surface area (Å²) < 4.78 is 0. The predicted octanol–water partition coefficient (Wildman–Crippen LogP) is 1.82. The molecule has 2 saturated heterocycles. The van der Waals surface area contributed by atoms with Crippen LogP contribution in [0.4, 0.5) is 5.82 Å². The number of aryl methyl sites for hydroxylation is 1. The van der Waals surface area contributed by atoms with Gasteiger partial charge in [0.05, 0.1) is 6.42 Å². The van der Waals surface area contributed by atoms with E-state index in [1.54, 1.807) is 0 Å². The largest absolute Gasteiger partial charge is 0.353 e. The first kappa shape index (κ1) is 22.3. The lowest BCUT2D eigenvalue weighted by Gasteiger charge is -2.37. The van der Waals surface area contributed by atoms with Crippen molar-refractivity contribution < 1.29 is 9.59 Å². The molecule has 3 heterocycles. The summed E-state index contributed by atoms with van der Waals surface area (Å²) in [6.45, 7) is 9.10. The van der Waals surface area contributed by atoms with Crippen LogP contribution in [0.3, 0.4) is 0 Å². The van der Waals surface area contributed by atoms with Crippen LogP contribution in [0.2, 0.25) is 0 Å². The van der Waals surface area contributed by atoms with Gasteiger partial charge >= 0.3 is 0 Å². The highest BCUT2D eigenvalue weighted by Crippen LogP contribution is 2.14. The number of pyridine rings is 1. The van der Waals surface area contributed by atoms with E-state index in [4.69, 9.17) is 0 Å². The van der Waals surface area contributed by atoms with Crippen molar-refractivity contribution in [1.82, 2.24) is 19.7 Å². The van der Waals surface area contributed by atoms with Gasteiger partial charge in [-0.05, 0) is 24.6 Å². The Morgan fingerprint density at radius 3 is 2.12 bits per heavy atom. The number of hydrogen-bond donors (Lipinski definition) is 0. The smallest absolute Gasteiger partial charge is 0.227 e. The van der Waals surface area contributed by atoms with E-state index < -0.39 is 0 Å². The van der Waals surface area contributed by atoms with Crippen molar-refractivity contribution >= 4 is 17.6 Å². The molecule has 2 aliphatic heterocycles. The van der Waals surface area contributed by atoms with Gasteiger partial charge < -0.3 is 14.7 Å². The van der Waals surface area contributed by atoms with Crippen LogP contribution in [0.1, 0.15) is 17.5 Å². The van der Waals surface area contributed by atoms with E-state index in [9.17, 15) is 9.59 Å². The molecule has 32 heavy (non-hydrogen) atoms. The third kappa shape index (κ3) is 5.85. The summed E-state index contributed by atoms with van der Waals surface area (Å²) in [5, 5.41) is 0. The van der Waals surface area contributed by atoms with Crippen LogP contribution in [-0.4, -0.2) is 90.4 Å². The van der Waals surface area contributed by atoms with E-state index in [1.165, 1.54) is 5.56 Å². The van der Waals surface area contributed by atoms with Crippen molar-refractivity contribution in [3.05, 3.63) is 59.8 Å². The van der Waals surface area contributed by atoms with Gasteiger partial charge in [-0.15, -0.1) is 0 Å². The minimum Gasteiger partial charge on any atom is -0.353 e. The highest BCUT2D eigenvalue weighted by Gasteiger charge is 2.24. The van der Waals surface area contributed by atoms with Crippen molar-refractivity contribution in [2.75, 3.05) is 63.8 Å². The average Bonchev–Trinajstić information content (AvgIpc) is 2.85. The van der Waals surface area contributed by atoms with Crippen LogP contribution in [-0.2, 0) is 16.0 Å². The molecule has 0 saturated carbocycles. The van der Waals surface area contributed by atoms with Gasteiger partial charge in [0.1, 0.15) is 5.82 Å². The summed E-state index contributed by atoms with van der Waals surface area (Å²) in [6.07, 6.45) is 2.81. The summed E-state index contributed by atoms with van der Waals surface area (Å²) in [5.41, 5.74) is 2.27. The first-order chi connectivity index (χ1) is 15.6. The number of aromatic nitrogens is 1. The molecule has 0 bridgehead atoms. The van der Waals surface area contributed by atoms with Crippen LogP contribution in [0.25, 0.3) is 0 Å². The second kappa shape index (κ2) is 10.6. The van der Waals surface area contributed by atoms with Crippen LogP contribution in [0.15, 0.2) is 48.7 Å². The van der Waals surface area contributed by atoms with E-state index in [-0.39, 0.29) is 11.8 Å². The van der Waals surface area contributed by atoms with Gasteiger partial charge in [-0.2, -0.15) is 0 Å². The molecule has 2 aliphatic rings. The number of amides is 2. The number of nitrogens with zero attached hydrogens (tertiary/aromatic N) is 5. The summed E-state index contributed by atoms with van der Waals surface area (Å²) >= 11 is 0. The predicted molar refractivity (Wildman–Crippen MR) is 126 cm³/mol. The molecule has 0 atom stereocenters. The maximum atomic E-state index is 12.7. The lowest BCUT2D eigenvalue weighted by molar-refractivity contribution is -0.134. The van der Waals surface area contributed by atoms with Gasteiger partial charge in [0.15, 0.2) is 0 Å². The van der Waals surface area contributed by atoms with Gasteiger partial charge in [0, 0.05) is 71.5 Å². The summed E-state index contributed by atoms with van der Waals surface area (Å²) in [7, 11) is 0. The zero-order chi connectivity index (χ0) is 22.3. The van der Waals surface area contributed by atoms with E-state index in [0.717, 1.165) is 70.3 Å². The fourth-order valence-electron chi connectivity index (χ4n) is 4.35. The number of hydrogen-bond acceptors (Lipinski definition) is 5. The normalized spacial score (nSPS) is 17.5. The molecule has 0 N–H and O–H groups in total. The SMILES string of the molecule is Cc1ccc(CC(=O)N2CCN(CCC(=O)N3CCN(c4ccccn4)CC3)CC2)cc1. The number of rotatable bonds is 6. The van der Waals surface area contributed by atoms with E-state index in [2.05, 4.69) is 33.8 Å². The number of piperazine rings is 2. The first-order valence-electron chi connectivity index (χ1n) is 11.6. The van der Waals surface area contributed by atoms with Gasteiger partial charge in [-0.3, -0.25) is 14.5 Å². The topological polar surface area (TPSA) is 60.0 Å². The minimum atomic E-state index is 0.190. The minimum absolute atomic E-state index is 0.190. The Hall–Kier alpha value is -2.93. The molecular weight excluding hydrogens is 402 g/mol. The Morgan fingerprint density at radius 1 is 0.812 bits per heavy atom. The van der Waals surface area contributed by atoms with E-state index in [0.29, 0.717) is 12.8 Å². The van der Waals surface area contributed by atoms with Gasteiger partial charge in [0.25, 0.3) is 0 Å². The average molecular weight is 436 g/mol. The third-order valence-electron chi connectivity index (χ3n) is 6.45. The second-order valence-corrected chi connectivity index (χ2v) is 8.69. The molecule has 2 amide bonds. The molecule has 7 nitrogen and oxygen atoms in total. The van der Waals surface area contributed by atoms with Gasteiger partial charge in [-0.1, -0.05) is 35.9 Å². The van der Waals surface area contributed by atoms with Crippen molar-refractivity contribution in [3.8, 4) is 0 Å². The monoisotopic (exact) mass is 435 g/mol. The number of anilines is 1. The molecule has 2 aromatic rings. The van der Waals surface area contributed by atoms with Crippen LogP contribution >= 0.6 is 0 Å². The fraction of sp³-hybridized carbons (Fsp3) is 0.480. The molecule has 7 heteroatoms. The van der Waals surface area contributed by atoms with E-state index in [1.807, 2.05) is 46.3 Å². The lowest BCUT2D eigenvalue weighted by Crippen LogP contribution is -2.51. The first-order valence-corrected chi connectivity index (χ1v) is 11.6. The quantitative estimate of drug-likeness (QED) is 0.693. The van der Waals surface area contributed by atoms with E-state index >= 15 is 0 Å². The molecule has 170 valence electrons. The zero-order valence-electron chi connectivity index (χ0n) is 18.9.